The summed E-state index contributed by atoms with van der Waals surface area (Å²) in [4.78, 5) is 27.5. The van der Waals surface area contributed by atoms with Gasteiger partial charge in [0, 0.05) is 18.7 Å². The zero-order chi connectivity index (χ0) is 18.5. The van der Waals surface area contributed by atoms with Gasteiger partial charge in [-0.2, -0.15) is 0 Å². The fourth-order valence-electron chi connectivity index (χ4n) is 3.43. The van der Waals surface area contributed by atoms with Crippen LogP contribution in [0.25, 0.3) is 0 Å². The quantitative estimate of drug-likeness (QED) is 0.898. The van der Waals surface area contributed by atoms with E-state index < -0.39 is 6.04 Å². The SMILES string of the molecule is CC(C)C[C@H](NC(=O)c1ccccc1)C(=O)N1CCc2ccccc2C1. The third-order valence-electron chi connectivity index (χ3n) is 4.79. The summed E-state index contributed by atoms with van der Waals surface area (Å²) in [5.74, 6) is 0.136. The maximum absolute atomic E-state index is 13.1. The molecular formula is C22H26N2O2. The highest BCUT2D eigenvalue weighted by Crippen LogP contribution is 2.20. The third kappa shape index (κ3) is 4.31. The summed E-state index contributed by atoms with van der Waals surface area (Å²) in [6.45, 7) is 5.46. The number of rotatable bonds is 5. The van der Waals surface area contributed by atoms with Crippen LogP contribution in [0.15, 0.2) is 54.6 Å². The Morgan fingerprint density at radius 3 is 2.35 bits per heavy atom. The van der Waals surface area contributed by atoms with Gasteiger partial charge in [0.1, 0.15) is 6.04 Å². The van der Waals surface area contributed by atoms with Gasteiger partial charge in [-0.1, -0.05) is 56.3 Å². The van der Waals surface area contributed by atoms with Crippen molar-refractivity contribution < 1.29 is 9.59 Å². The van der Waals surface area contributed by atoms with Gasteiger partial charge in [0.2, 0.25) is 5.91 Å². The van der Waals surface area contributed by atoms with Crippen LogP contribution in [0, 0.1) is 5.92 Å². The van der Waals surface area contributed by atoms with E-state index >= 15 is 0 Å². The molecule has 0 aromatic heterocycles. The second-order valence-corrected chi connectivity index (χ2v) is 7.30. The van der Waals surface area contributed by atoms with Crippen LogP contribution >= 0.6 is 0 Å². The number of nitrogens with zero attached hydrogens (tertiary/aromatic N) is 1. The van der Waals surface area contributed by atoms with Crippen LogP contribution < -0.4 is 5.32 Å². The third-order valence-corrected chi connectivity index (χ3v) is 4.79. The molecule has 1 aliphatic rings. The Balaban J connectivity index is 1.73. The minimum atomic E-state index is -0.493. The number of nitrogens with one attached hydrogen (secondary N) is 1. The highest BCUT2D eigenvalue weighted by molar-refractivity contribution is 5.97. The second kappa shape index (κ2) is 8.17. The van der Waals surface area contributed by atoms with Gasteiger partial charge < -0.3 is 10.2 Å². The van der Waals surface area contributed by atoms with Gasteiger partial charge in [0.25, 0.3) is 5.91 Å². The lowest BCUT2D eigenvalue weighted by molar-refractivity contribution is -0.134. The number of carbonyl (C=O) groups excluding carboxylic acids is 2. The average Bonchev–Trinajstić information content (AvgIpc) is 2.66. The number of carbonyl (C=O) groups is 2. The van der Waals surface area contributed by atoms with E-state index in [0.717, 1.165) is 6.42 Å². The minimum Gasteiger partial charge on any atom is -0.340 e. The van der Waals surface area contributed by atoms with Gasteiger partial charge in [-0.3, -0.25) is 9.59 Å². The molecule has 2 aromatic carbocycles. The molecular weight excluding hydrogens is 324 g/mol. The largest absolute Gasteiger partial charge is 0.340 e. The molecule has 0 bridgehead atoms. The lowest BCUT2D eigenvalue weighted by Gasteiger charge is -2.32. The van der Waals surface area contributed by atoms with Crippen molar-refractivity contribution in [1.82, 2.24) is 10.2 Å². The first kappa shape index (κ1) is 18.2. The van der Waals surface area contributed by atoms with Crippen molar-refractivity contribution in [1.29, 1.82) is 0 Å². The molecule has 1 heterocycles. The molecule has 0 unspecified atom stereocenters. The molecule has 0 saturated carbocycles. The first-order valence-electron chi connectivity index (χ1n) is 9.26. The Bertz CT molecular complexity index is 771. The number of hydrogen-bond donors (Lipinski definition) is 1. The maximum Gasteiger partial charge on any atom is 0.251 e. The van der Waals surface area contributed by atoms with Crippen molar-refractivity contribution in [3.63, 3.8) is 0 Å². The first-order chi connectivity index (χ1) is 12.5. The van der Waals surface area contributed by atoms with Crippen LogP contribution in [0.5, 0.6) is 0 Å². The Kier molecular flexibility index (Phi) is 5.71. The zero-order valence-electron chi connectivity index (χ0n) is 15.4. The van der Waals surface area contributed by atoms with E-state index in [1.165, 1.54) is 11.1 Å². The molecule has 0 fully saturated rings. The molecule has 26 heavy (non-hydrogen) atoms. The standard InChI is InChI=1S/C22H26N2O2/c1-16(2)14-20(23-21(25)18-9-4-3-5-10-18)22(26)24-13-12-17-8-6-7-11-19(17)15-24/h3-11,16,20H,12-15H2,1-2H3,(H,23,25)/t20-/m0/s1. The Morgan fingerprint density at radius 1 is 1.00 bits per heavy atom. The Hall–Kier alpha value is -2.62. The van der Waals surface area contributed by atoms with E-state index in [2.05, 4.69) is 31.3 Å². The minimum absolute atomic E-state index is 0.0116. The summed E-state index contributed by atoms with van der Waals surface area (Å²) >= 11 is 0. The summed E-state index contributed by atoms with van der Waals surface area (Å²) in [6.07, 6.45) is 1.50. The van der Waals surface area contributed by atoms with Crippen LogP contribution in [0.2, 0.25) is 0 Å². The molecule has 0 spiro atoms. The predicted molar refractivity (Wildman–Crippen MR) is 103 cm³/mol. The van der Waals surface area contributed by atoms with Gasteiger partial charge in [-0.05, 0) is 42.0 Å². The lowest BCUT2D eigenvalue weighted by atomic mass is 9.97. The van der Waals surface area contributed by atoms with Crippen LogP contribution in [0.4, 0.5) is 0 Å². The summed E-state index contributed by atoms with van der Waals surface area (Å²) in [6, 6.07) is 16.8. The summed E-state index contributed by atoms with van der Waals surface area (Å²) < 4.78 is 0. The van der Waals surface area contributed by atoms with Gasteiger partial charge in [-0.15, -0.1) is 0 Å². The fraction of sp³-hybridized carbons (Fsp3) is 0.364. The van der Waals surface area contributed by atoms with Crippen LogP contribution in [0.1, 0.15) is 41.8 Å². The number of hydrogen-bond acceptors (Lipinski definition) is 2. The van der Waals surface area contributed by atoms with Crippen LogP contribution in [-0.2, 0) is 17.8 Å². The second-order valence-electron chi connectivity index (χ2n) is 7.30. The molecule has 1 aliphatic heterocycles. The van der Waals surface area contributed by atoms with E-state index in [-0.39, 0.29) is 11.8 Å². The molecule has 1 N–H and O–H groups in total. The number of benzene rings is 2. The highest BCUT2D eigenvalue weighted by Gasteiger charge is 2.29. The molecule has 4 nitrogen and oxygen atoms in total. The molecule has 2 aromatic rings. The van der Waals surface area contributed by atoms with Crippen molar-refractivity contribution in [2.24, 2.45) is 5.92 Å². The maximum atomic E-state index is 13.1. The van der Waals surface area contributed by atoms with Crippen molar-refractivity contribution in [2.45, 2.75) is 39.3 Å². The van der Waals surface area contributed by atoms with Crippen molar-refractivity contribution in [2.75, 3.05) is 6.54 Å². The smallest absolute Gasteiger partial charge is 0.251 e. The molecule has 136 valence electrons. The van der Waals surface area contributed by atoms with Gasteiger partial charge >= 0.3 is 0 Å². The Labute approximate surface area is 155 Å². The lowest BCUT2D eigenvalue weighted by Crippen LogP contribution is -2.50. The molecule has 1 atom stereocenters. The summed E-state index contributed by atoms with van der Waals surface area (Å²) in [5, 5.41) is 2.96. The average molecular weight is 350 g/mol. The van der Waals surface area contributed by atoms with Crippen molar-refractivity contribution >= 4 is 11.8 Å². The van der Waals surface area contributed by atoms with Crippen LogP contribution in [0.3, 0.4) is 0 Å². The van der Waals surface area contributed by atoms with Crippen molar-refractivity contribution in [3.05, 3.63) is 71.3 Å². The van der Waals surface area contributed by atoms with E-state index in [9.17, 15) is 9.59 Å². The normalized spacial score (nSPS) is 14.7. The topological polar surface area (TPSA) is 49.4 Å². The van der Waals surface area contributed by atoms with E-state index in [0.29, 0.717) is 31.0 Å². The van der Waals surface area contributed by atoms with Gasteiger partial charge in [-0.25, -0.2) is 0 Å². The van der Waals surface area contributed by atoms with Crippen molar-refractivity contribution in [3.8, 4) is 0 Å². The van der Waals surface area contributed by atoms with Gasteiger partial charge in [0.15, 0.2) is 0 Å². The fourth-order valence-corrected chi connectivity index (χ4v) is 3.43. The monoisotopic (exact) mass is 350 g/mol. The van der Waals surface area contributed by atoms with Crippen LogP contribution in [-0.4, -0.2) is 29.3 Å². The van der Waals surface area contributed by atoms with Gasteiger partial charge in [0.05, 0.1) is 0 Å². The molecule has 3 rings (SSSR count). The van der Waals surface area contributed by atoms with E-state index in [4.69, 9.17) is 0 Å². The predicted octanol–water partition coefficient (Wildman–Crippen LogP) is 3.42. The summed E-state index contributed by atoms with van der Waals surface area (Å²) in [7, 11) is 0. The molecule has 0 saturated heterocycles. The molecule has 4 heteroatoms. The van der Waals surface area contributed by atoms with E-state index in [1.807, 2.05) is 35.2 Å². The first-order valence-corrected chi connectivity index (χ1v) is 9.26. The number of amides is 2. The molecule has 2 amide bonds. The highest BCUT2D eigenvalue weighted by atomic mass is 16.2. The molecule has 0 aliphatic carbocycles. The molecule has 0 radical (unpaired) electrons. The Morgan fingerprint density at radius 2 is 1.65 bits per heavy atom. The van der Waals surface area contributed by atoms with E-state index in [1.54, 1.807) is 12.1 Å². The number of fused-ring (bicyclic) bond motifs is 1. The summed E-state index contributed by atoms with van der Waals surface area (Å²) in [5.41, 5.74) is 3.09. The zero-order valence-corrected chi connectivity index (χ0v) is 15.4.